The number of hydrogen-bond acceptors (Lipinski definition) is 3. The van der Waals surface area contributed by atoms with Crippen LogP contribution in [0.4, 0.5) is 13.6 Å². The third-order valence-corrected chi connectivity index (χ3v) is 3.33. The second-order valence-corrected chi connectivity index (χ2v) is 4.96. The number of ether oxygens (including phenoxy) is 1. The highest BCUT2D eigenvalue weighted by atomic mass is 19.3. The second-order valence-electron chi connectivity index (χ2n) is 4.96. The van der Waals surface area contributed by atoms with E-state index in [0.717, 1.165) is 0 Å². The van der Waals surface area contributed by atoms with E-state index in [2.05, 4.69) is 16.6 Å². The van der Waals surface area contributed by atoms with Crippen LogP contribution in [-0.2, 0) is 9.53 Å². The van der Waals surface area contributed by atoms with Gasteiger partial charge in [-0.15, -0.1) is 0 Å². The van der Waals surface area contributed by atoms with E-state index in [4.69, 9.17) is 5.11 Å². The molecule has 7 heteroatoms. The molecular weight excluding hydrogens is 272 g/mol. The molecule has 114 valence electrons. The molecule has 0 bridgehead atoms. The summed E-state index contributed by atoms with van der Waals surface area (Å²) in [6, 6.07) is -1.12. The van der Waals surface area contributed by atoms with Crippen LogP contribution >= 0.6 is 0 Å². The first-order chi connectivity index (χ1) is 9.34. The number of halogens is 2. The lowest BCUT2D eigenvalue weighted by atomic mass is 9.83. The Morgan fingerprint density at radius 2 is 2.05 bits per heavy atom. The van der Waals surface area contributed by atoms with Crippen molar-refractivity contribution in [3.63, 3.8) is 0 Å². The van der Waals surface area contributed by atoms with Crippen molar-refractivity contribution in [2.45, 2.75) is 44.1 Å². The molecule has 0 aromatic rings. The van der Waals surface area contributed by atoms with E-state index in [1.54, 1.807) is 0 Å². The topological polar surface area (TPSA) is 75.6 Å². The van der Waals surface area contributed by atoms with Crippen molar-refractivity contribution in [3.8, 4) is 0 Å². The van der Waals surface area contributed by atoms with Gasteiger partial charge in [0.05, 0.1) is 0 Å². The maximum Gasteiger partial charge on any atom is 0.408 e. The van der Waals surface area contributed by atoms with E-state index in [9.17, 15) is 18.4 Å². The lowest BCUT2D eigenvalue weighted by Gasteiger charge is -2.29. The summed E-state index contributed by atoms with van der Waals surface area (Å²) in [5, 5.41) is 11.3. The van der Waals surface area contributed by atoms with E-state index in [-0.39, 0.29) is 44.6 Å². The molecule has 1 aliphatic carbocycles. The number of rotatable bonds is 6. The molecule has 5 nitrogen and oxygen atoms in total. The maximum atomic E-state index is 13.0. The van der Waals surface area contributed by atoms with Gasteiger partial charge in [-0.05, 0) is 25.2 Å². The third kappa shape index (κ3) is 5.54. The summed E-state index contributed by atoms with van der Waals surface area (Å²) in [4.78, 5) is 22.4. The standard InChI is InChI=1S/C13H19F2NO4/c1-2-7-20-12(19)16-10(11(17)18)8-9-3-5-13(14,15)6-4-9/h2,9-10H,1,3-8H2,(H,16,19)(H,17,18)/t10-/m0/s1. The Bertz CT molecular complexity index is 363. The van der Waals surface area contributed by atoms with Crippen molar-refractivity contribution >= 4 is 12.1 Å². The van der Waals surface area contributed by atoms with Crippen molar-refractivity contribution in [1.29, 1.82) is 0 Å². The molecule has 1 rings (SSSR count). The molecule has 0 aromatic heterocycles. The zero-order chi connectivity index (χ0) is 15.2. The second kappa shape index (κ2) is 7.21. The van der Waals surface area contributed by atoms with Crippen molar-refractivity contribution in [1.82, 2.24) is 5.32 Å². The predicted molar refractivity (Wildman–Crippen MR) is 67.6 cm³/mol. The van der Waals surface area contributed by atoms with Crippen LogP contribution in [0.15, 0.2) is 12.7 Å². The van der Waals surface area contributed by atoms with Crippen LogP contribution in [0.3, 0.4) is 0 Å². The number of carboxylic acids is 1. The minimum atomic E-state index is -2.65. The first-order valence-corrected chi connectivity index (χ1v) is 6.49. The van der Waals surface area contributed by atoms with Crippen LogP contribution in [-0.4, -0.2) is 35.7 Å². The van der Waals surface area contributed by atoms with Gasteiger partial charge in [-0.3, -0.25) is 0 Å². The van der Waals surface area contributed by atoms with Gasteiger partial charge < -0.3 is 15.2 Å². The number of carbonyl (C=O) groups excluding carboxylic acids is 1. The molecule has 1 saturated carbocycles. The van der Waals surface area contributed by atoms with Gasteiger partial charge in [-0.25, -0.2) is 18.4 Å². The summed E-state index contributed by atoms with van der Waals surface area (Å²) in [6.45, 7) is 3.34. The largest absolute Gasteiger partial charge is 0.480 e. The van der Waals surface area contributed by atoms with Gasteiger partial charge >= 0.3 is 12.1 Å². The van der Waals surface area contributed by atoms with Crippen LogP contribution < -0.4 is 5.32 Å². The first kappa shape index (κ1) is 16.4. The summed E-state index contributed by atoms with van der Waals surface area (Å²) in [5.74, 6) is -3.97. The molecular formula is C13H19F2NO4. The molecule has 0 unspecified atom stereocenters. The minimum Gasteiger partial charge on any atom is -0.480 e. The van der Waals surface area contributed by atoms with Gasteiger partial charge in [0.15, 0.2) is 0 Å². The van der Waals surface area contributed by atoms with Crippen molar-refractivity contribution in [2.24, 2.45) is 5.92 Å². The highest BCUT2D eigenvalue weighted by molar-refractivity contribution is 5.79. The Morgan fingerprint density at radius 3 is 2.55 bits per heavy atom. The molecule has 0 saturated heterocycles. The van der Waals surface area contributed by atoms with Gasteiger partial charge in [0.2, 0.25) is 5.92 Å². The van der Waals surface area contributed by atoms with E-state index < -0.39 is 24.0 Å². The lowest BCUT2D eigenvalue weighted by Crippen LogP contribution is -2.43. The Morgan fingerprint density at radius 1 is 1.45 bits per heavy atom. The fraction of sp³-hybridized carbons (Fsp3) is 0.692. The average Bonchev–Trinajstić information content (AvgIpc) is 2.37. The molecule has 0 radical (unpaired) electrons. The summed E-state index contributed by atoms with van der Waals surface area (Å²) < 4.78 is 30.7. The molecule has 0 spiro atoms. The van der Waals surface area contributed by atoms with Crippen LogP contribution in [0, 0.1) is 5.92 Å². The minimum absolute atomic E-state index is 0.0200. The van der Waals surface area contributed by atoms with Crippen LogP contribution in [0.1, 0.15) is 32.1 Å². The van der Waals surface area contributed by atoms with Crippen LogP contribution in [0.25, 0.3) is 0 Å². The number of hydrogen-bond donors (Lipinski definition) is 2. The van der Waals surface area contributed by atoms with Crippen molar-refractivity contribution in [3.05, 3.63) is 12.7 Å². The van der Waals surface area contributed by atoms with Crippen molar-refractivity contribution < 1.29 is 28.2 Å². The Labute approximate surface area is 116 Å². The molecule has 0 heterocycles. The number of alkyl halides is 2. The van der Waals surface area contributed by atoms with Gasteiger partial charge in [-0.2, -0.15) is 0 Å². The third-order valence-electron chi connectivity index (χ3n) is 3.33. The van der Waals surface area contributed by atoms with E-state index in [1.165, 1.54) is 6.08 Å². The summed E-state index contributed by atoms with van der Waals surface area (Å²) in [6.07, 6.45) is 0.710. The molecule has 1 amide bonds. The fourth-order valence-corrected chi connectivity index (χ4v) is 2.21. The van der Waals surface area contributed by atoms with E-state index >= 15 is 0 Å². The fourth-order valence-electron chi connectivity index (χ4n) is 2.21. The highest BCUT2D eigenvalue weighted by Crippen LogP contribution is 2.37. The molecule has 20 heavy (non-hydrogen) atoms. The molecule has 2 N–H and O–H groups in total. The summed E-state index contributed by atoms with van der Waals surface area (Å²) >= 11 is 0. The number of nitrogens with one attached hydrogen (secondary N) is 1. The zero-order valence-corrected chi connectivity index (χ0v) is 11.1. The Kier molecular flexibility index (Phi) is 5.91. The predicted octanol–water partition coefficient (Wildman–Crippen LogP) is 2.57. The smallest absolute Gasteiger partial charge is 0.408 e. The number of alkyl carbamates (subject to hydrolysis) is 1. The number of carbonyl (C=O) groups is 2. The first-order valence-electron chi connectivity index (χ1n) is 6.49. The van der Waals surface area contributed by atoms with Gasteiger partial charge in [-0.1, -0.05) is 12.7 Å². The van der Waals surface area contributed by atoms with Gasteiger partial charge in [0.1, 0.15) is 12.6 Å². The number of aliphatic carboxylic acids is 1. The molecule has 0 aliphatic heterocycles. The van der Waals surface area contributed by atoms with Crippen molar-refractivity contribution in [2.75, 3.05) is 6.61 Å². The van der Waals surface area contributed by atoms with E-state index in [1.807, 2.05) is 0 Å². The van der Waals surface area contributed by atoms with Crippen LogP contribution in [0.5, 0.6) is 0 Å². The van der Waals surface area contributed by atoms with Gasteiger partial charge in [0.25, 0.3) is 0 Å². The Hall–Kier alpha value is -1.66. The monoisotopic (exact) mass is 291 g/mol. The SMILES string of the molecule is C=CCOC(=O)N[C@@H](CC1CCC(F)(F)CC1)C(=O)O. The average molecular weight is 291 g/mol. The highest BCUT2D eigenvalue weighted by Gasteiger charge is 2.36. The molecule has 1 fully saturated rings. The molecule has 1 aliphatic rings. The van der Waals surface area contributed by atoms with Crippen LogP contribution in [0.2, 0.25) is 0 Å². The lowest BCUT2D eigenvalue weighted by molar-refractivity contribution is -0.140. The summed E-state index contributed by atoms with van der Waals surface area (Å²) in [7, 11) is 0. The number of amides is 1. The quantitative estimate of drug-likeness (QED) is 0.737. The molecule has 1 atom stereocenters. The molecule has 0 aromatic carbocycles. The maximum absolute atomic E-state index is 13.0. The Balaban J connectivity index is 2.45. The summed E-state index contributed by atoms with van der Waals surface area (Å²) in [5.41, 5.74) is 0. The van der Waals surface area contributed by atoms with Gasteiger partial charge in [0, 0.05) is 12.8 Å². The number of carboxylic acid groups (broad SMARTS) is 1. The van der Waals surface area contributed by atoms with E-state index in [0.29, 0.717) is 0 Å². The normalized spacial score (nSPS) is 19.9. The zero-order valence-electron chi connectivity index (χ0n) is 11.1.